The minimum absolute atomic E-state index is 0.180. The average molecular weight is 264 g/mol. The van der Waals surface area contributed by atoms with Gasteiger partial charge in [-0.25, -0.2) is 0 Å². The van der Waals surface area contributed by atoms with Gasteiger partial charge in [0.15, 0.2) is 5.82 Å². The van der Waals surface area contributed by atoms with Gasteiger partial charge in [-0.2, -0.15) is 0 Å². The van der Waals surface area contributed by atoms with Crippen LogP contribution in [0.5, 0.6) is 0 Å². The van der Waals surface area contributed by atoms with E-state index in [1.54, 1.807) is 6.33 Å². The second-order valence-electron chi connectivity index (χ2n) is 4.69. The predicted molar refractivity (Wildman–Crippen MR) is 78.4 cm³/mol. The molecular weight excluding hydrogens is 248 g/mol. The lowest BCUT2D eigenvalue weighted by atomic mass is 10.1. The Kier molecular flexibility index (Phi) is 3.56. The number of nitrogens with two attached hydrogens (primary N) is 1. The third-order valence-corrected chi connectivity index (χ3v) is 3.24. The molecule has 1 heterocycles. The molecule has 0 saturated heterocycles. The number of hydrogen-bond acceptors (Lipinski definition) is 3. The second kappa shape index (κ2) is 5.67. The molecule has 0 amide bonds. The summed E-state index contributed by atoms with van der Waals surface area (Å²) in [6.45, 7) is 0. The molecule has 0 aliphatic rings. The Morgan fingerprint density at radius 3 is 2.30 bits per heavy atom. The normalized spacial score (nSPS) is 12.2. The van der Waals surface area contributed by atoms with E-state index in [2.05, 4.69) is 22.3 Å². The van der Waals surface area contributed by atoms with Gasteiger partial charge in [0.25, 0.3) is 0 Å². The lowest BCUT2D eigenvalue weighted by Crippen LogP contribution is -2.18. The predicted octanol–water partition coefficient (Wildman–Crippen LogP) is 2.51. The van der Waals surface area contributed by atoms with Gasteiger partial charge in [0, 0.05) is 5.69 Å². The number of nitrogens with zero attached hydrogens (tertiary/aromatic N) is 3. The first kappa shape index (κ1) is 12.6. The van der Waals surface area contributed by atoms with Gasteiger partial charge in [0.05, 0.1) is 6.04 Å². The van der Waals surface area contributed by atoms with Crippen molar-refractivity contribution < 1.29 is 0 Å². The lowest BCUT2D eigenvalue weighted by Gasteiger charge is -2.13. The van der Waals surface area contributed by atoms with Gasteiger partial charge in [0.2, 0.25) is 0 Å². The third-order valence-electron chi connectivity index (χ3n) is 3.24. The van der Waals surface area contributed by atoms with E-state index < -0.39 is 0 Å². The Morgan fingerprint density at radius 2 is 1.60 bits per heavy atom. The fourth-order valence-electron chi connectivity index (χ4n) is 2.24. The number of rotatable bonds is 4. The summed E-state index contributed by atoms with van der Waals surface area (Å²) in [5.41, 5.74) is 8.51. The highest BCUT2D eigenvalue weighted by atomic mass is 15.3. The highest BCUT2D eigenvalue weighted by molar-refractivity contribution is 5.32. The van der Waals surface area contributed by atoms with Crippen LogP contribution in [0.2, 0.25) is 0 Å². The van der Waals surface area contributed by atoms with E-state index in [4.69, 9.17) is 5.73 Å². The van der Waals surface area contributed by atoms with Crippen LogP contribution in [0.3, 0.4) is 0 Å². The van der Waals surface area contributed by atoms with E-state index in [1.807, 2.05) is 53.1 Å². The van der Waals surface area contributed by atoms with Crippen LogP contribution < -0.4 is 5.73 Å². The molecule has 0 saturated carbocycles. The molecule has 1 atom stereocenters. The molecule has 0 spiro atoms. The number of para-hydroxylation sites is 1. The SMILES string of the molecule is N[C@@H](Cc1ccccc1)c1nncn1-c1ccccc1. The van der Waals surface area contributed by atoms with Crippen LogP contribution in [0.1, 0.15) is 17.4 Å². The Bertz CT molecular complexity index is 661. The molecule has 4 nitrogen and oxygen atoms in total. The molecule has 1 aromatic heterocycles. The zero-order valence-corrected chi connectivity index (χ0v) is 11.1. The molecule has 0 radical (unpaired) electrons. The van der Waals surface area contributed by atoms with Crippen molar-refractivity contribution in [1.82, 2.24) is 14.8 Å². The van der Waals surface area contributed by atoms with Gasteiger partial charge in [-0.15, -0.1) is 10.2 Å². The topological polar surface area (TPSA) is 56.7 Å². The Labute approximate surface area is 117 Å². The van der Waals surface area contributed by atoms with Gasteiger partial charge in [-0.05, 0) is 24.1 Å². The van der Waals surface area contributed by atoms with Gasteiger partial charge in [0.1, 0.15) is 6.33 Å². The van der Waals surface area contributed by atoms with E-state index >= 15 is 0 Å². The molecule has 0 unspecified atom stereocenters. The fraction of sp³-hybridized carbons (Fsp3) is 0.125. The maximum atomic E-state index is 6.29. The molecule has 2 aromatic carbocycles. The molecule has 20 heavy (non-hydrogen) atoms. The van der Waals surface area contributed by atoms with E-state index in [0.717, 1.165) is 17.9 Å². The monoisotopic (exact) mass is 264 g/mol. The molecule has 100 valence electrons. The fourth-order valence-corrected chi connectivity index (χ4v) is 2.24. The summed E-state index contributed by atoms with van der Waals surface area (Å²) < 4.78 is 1.94. The highest BCUT2D eigenvalue weighted by Crippen LogP contribution is 2.17. The molecule has 0 aliphatic heterocycles. The average Bonchev–Trinajstić information content (AvgIpc) is 2.99. The maximum Gasteiger partial charge on any atom is 0.154 e. The zero-order chi connectivity index (χ0) is 13.8. The Hall–Kier alpha value is -2.46. The van der Waals surface area contributed by atoms with Crippen LogP contribution in [-0.2, 0) is 6.42 Å². The van der Waals surface area contributed by atoms with Gasteiger partial charge < -0.3 is 5.73 Å². The van der Waals surface area contributed by atoms with Crippen molar-refractivity contribution >= 4 is 0 Å². The molecular formula is C16H16N4. The van der Waals surface area contributed by atoms with Crippen molar-refractivity contribution in [3.8, 4) is 5.69 Å². The van der Waals surface area contributed by atoms with Crippen LogP contribution >= 0.6 is 0 Å². The minimum Gasteiger partial charge on any atom is -0.321 e. The maximum absolute atomic E-state index is 6.29. The third kappa shape index (κ3) is 2.60. The Balaban J connectivity index is 1.86. The van der Waals surface area contributed by atoms with E-state index in [1.165, 1.54) is 5.56 Å². The first-order valence-corrected chi connectivity index (χ1v) is 6.59. The van der Waals surface area contributed by atoms with Crippen LogP contribution in [0.15, 0.2) is 67.0 Å². The molecule has 0 bridgehead atoms. The number of aromatic nitrogens is 3. The first-order valence-electron chi connectivity index (χ1n) is 6.59. The van der Waals surface area contributed by atoms with Crippen LogP contribution in [0.25, 0.3) is 5.69 Å². The van der Waals surface area contributed by atoms with Crippen molar-refractivity contribution in [2.75, 3.05) is 0 Å². The lowest BCUT2D eigenvalue weighted by molar-refractivity contribution is 0.650. The second-order valence-corrected chi connectivity index (χ2v) is 4.69. The van der Waals surface area contributed by atoms with Crippen molar-refractivity contribution in [3.63, 3.8) is 0 Å². The summed E-state index contributed by atoms with van der Waals surface area (Å²) in [6, 6.07) is 20.0. The minimum atomic E-state index is -0.180. The quantitative estimate of drug-likeness (QED) is 0.787. The molecule has 2 N–H and O–H groups in total. The van der Waals surface area contributed by atoms with Crippen molar-refractivity contribution in [3.05, 3.63) is 78.4 Å². The summed E-state index contributed by atoms with van der Waals surface area (Å²) in [5.74, 6) is 0.778. The summed E-state index contributed by atoms with van der Waals surface area (Å²) >= 11 is 0. The zero-order valence-electron chi connectivity index (χ0n) is 11.1. The van der Waals surface area contributed by atoms with Crippen molar-refractivity contribution in [2.45, 2.75) is 12.5 Å². The van der Waals surface area contributed by atoms with Gasteiger partial charge >= 0.3 is 0 Å². The molecule has 3 aromatic rings. The summed E-state index contributed by atoms with van der Waals surface area (Å²) in [5, 5.41) is 8.17. The summed E-state index contributed by atoms with van der Waals surface area (Å²) in [7, 11) is 0. The number of benzene rings is 2. The molecule has 4 heteroatoms. The van der Waals surface area contributed by atoms with Crippen LogP contribution in [-0.4, -0.2) is 14.8 Å². The summed E-state index contributed by atoms with van der Waals surface area (Å²) in [4.78, 5) is 0. The van der Waals surface area contributed by atoms with Gasteiger partial charge in [-0.3, -0.25) is 4.57 Å². The highest BCUT2D eigenvalue weighted by Gasteiger charge is 2.15. The largest absolute Gasteiger partial charge is 0.321 e. The smallest absolute Gasteiger partial charge is 0.154 e. The van der Waals surface area contributed by atoms with Crippen molar-refractivity contribution in [1.29, 1.82) is 0 Å². The first-order chi connectivity index (χ1) is 9.84. The van der Waals surface area contributed by atoms with Gasteiger partial charge in [-0.1, -0.05) is 48.5 Å². The van der Waals surface area contributed by atoms with E-state index in [0.29, 0.717) is 0 Å². The standard InChI is InChI=1S/C16H16N4/c17-15(11-13-7-3-1-4-8-13)16-19-18-12-20(16)14-9-5-2-6-10-14/h1-10,12,15H,11,17H2/t15-/m0/s1. The molecule has 0 aliphatic carbocycles. The summed E-state index contributed by atoms with van der Waals surface area (Å²) in [6.07, 6.45) is 2.45. The number of hydrogen-bond donors (Lipinski definition) is 1. The molecule has 3 rings (SSSR count). The van der Waals surface area contributed by atoms with E-state index in [9.17, 15) is 0 Å². The van der Waals surface area contributed by atoms with Crippen LogP contribution in [0, 0.1) is 0 Å². The van der Waals surface area contributed by atoms with E-state index in [-0.39, 0.29) is 6.04 Å². The van der Waals surface area contributed by atoms with Crippen LogP contribution in [0.4, 0.5) is 0 Å². The Morgan fingerprint density at radius 1 is 0.950 bits per heavy atom. The molecule has 0 fully saturated rings. The van der Waals surface area contributed by atoms with Crippen molar-refractivity contribution in [2.24, 2.45) is 5.73 Å².